The van der Waals surface area contributed by atoms with Crippen LogP contribution in [0.1, 0.15) is 37.0 Å². The van der Waals surface area contributed by atoms with Gasteiger partial charge in [-0.05, 0) is 40.2 Å². The fraction of sp³-hybridized carbons (Fsp3) is 0.269. The summed E-state index contributed by atoms with van der Waals surface area (Å²) < 4.78 is 5.65. The van der Waals surface area contributed by atoms with Gasteiger partial charge in [0.2, 0.25) is 0 Å². The highest BCUT2D eigenvalue weighted by Gasteiger charge is 2.54. The minimum Gasteiger partial charge on any atom is -0.448 e. The number of cyclic esters (lactones) is 1. The van der Waals surface area contributed by atoms with Gasteiger partial charge in [-0.1, -0.05) is 92.7 Å². The quantitative estimate of drug-likeness (QED) is 0.581. The molecule has 1 heterocycles. The fourth-order valence-electron chi connectivity index (χ4n) is 5.12. The molecule has 1 saturated heterocycles. The third kappa shape index (κ3) is 2.57. The van der Waals surface area contributed by atoms with E-state index in [1.165, 1.54) is 27.8 Å². The lowest BCUT2D eigenvalue weighted by Crippen LogP contribution is -2.50. The molecule has 3 aromatic carbocycles. The Labute approximate surface area is 171 Å². The number of carbonyl (C=O) groups is 1. The lowest BCUT2D eigenvalue weighted by molar-refractivity contribution is -0.139. The van der Waals surface area contributed by atoms with Crippen LogP contribution in [0.25, 0.3) is 11.1 Å². The molecule has 0 amide bonds. The summed E-state index contributed by atoms with van der Waals surface area (Å²) in [6.45, 7) is 4.62. The summed E-state index contributed by atoms with van der Waals surface area (Å²) in [6, 6.07) is 27.4. The van der Waals surface area contributed by atoms with Crippen molar-refractivity contribution in [2.24, 2.45) is 5.92 Å². The summed E-state index contributed by atoms with van der Waals surface area (Å²) in [5.41, 5.74) is 5.53. The van der Waals surface area contributed by atoms with Crippen LogP contribution in [0.4, 0.5) is 0 Å². The van der Waals surface area contributed by atoms with Crippen molar-refractivity contribution in [1.82, 2.24) is 4.90 Å². The van der Waals surface area contributed by atoms with Crippen molar-refractivity contribution in [3.63, 3.8) is 0 Å². The van der Waals surface area contributed by atoms with E-state index in [1.807, 2.05) is 6.07 Å². The third-order valence-electron chi connectivity index (χ3n) is 6.24. The lowest BCUT2D eigenvalue weighted by atomic mass is 9.78. The topological polar surface area (TPSA) is 29.5 Å². The van der Waals surface area contributed by atoms with E-state index in [2.05, 4.69) is 91.5 Å². The molecular formula is C26H25NO2. The second-order valence-corrected chi connectivity index (χ2v) is 8.38. The Morgan fingerprint density at radius 3 is 2.03 bits per heavy atom. The summed E-state index contributed by atoms with van der Waals surface area (Å²) in [6.07, 6.45) is 0.776. The highest BCUT2D eigenvalue weighted by molar-refractivity contribution is 5.85. The second-order valence-electron chi connectivity index (χ2n) is 8.38. The van der Waals surface area contributed by atoms with Crippen molar-refractivity contribution in [1.29, 1.82) is 0 Å². The number of benzene rings is 3. The number of esters is 1. The number of rotatable bonds is 4. The maximum Gasteiger partial charge on any atom is 0.324 e. The first-order chi connectivity index (χ1) is 14.1. The van der Waals surface area contributed by atoms with Crippen molar-refractivity contribution in [2.75, 3.05) is 6.73 Å². The molecule has 5 rings (SSSR count). The van der Waals surface area contributed by atoms with Crippen LogP contribution in [0, 0.1) is 5.92 Å². The van der Waals surface area contributed by atoms with Crippen molar-refractivity contribution in [3.05, 3.63) is 95.6 Å². The molecule has 29 heavy (non-hydrogen) atoms. The Balaban J connectivity index is 1.84. The van der Waals surface area contributed by atoms with Crippen LogP contribution in [0.3, 0.4) is 0 Å². The van der Waals surface area contributed by atoms with Gasteiger partial charge in [0, 0.05) is 0 Å². The van der Waals surface area contributed by atoms with Gasteiger partial charge in [0.15, 0.2) is 0 Å². The predicted molar refractivity (Wildman–Crippen MR) is 114 cm³/mol. The van der Waals surface area contributed by atoms with Crippen molar-refractivity contribution < 1.29 is 9.53 Å². The molecule has 3 aromatic rings. The van der Waals surface area contributed by atoms with Gasteiger partial charge in [0.05, 0.1) is 0 Å². The summed E-state index contributed by atoms with van der Waals surface area (Å²) in [5.74, 6) is 0.281. The standard InChI is InChI=1S/C26H25NO2/c1-18(2)16-24-25(28)29-17-27(24)26(19-10-4-3-5-11-19)22-14-8-6-12-20(22)21-13-7-9-15-23(21)26/h3-15,18,24H,16-17H2,1-2H3/t24-/m0/s1. The fourth-order valence-corrected chi connectivity index (χ4v) is 5.12. The number of ether oxygens (including phenoxy) is 1. The van der Waals surface area contributed by atoms with Gasteiger partial charge in [-0.2, -0.15) is 0 Å². The van der Waals surface area contributed by atoms with Gasteiger partial charge in [-0.15, -0.1) is 0 Å². The van der Waals surface area contributed by atoms with Gasteiger partial charge < -0.3 is 4.74 Å². The number of hydrogen-bond donors (Lipinski definition) is 0. The van der Waals surface area contributed by atoms with E-state index in [9.17, 15) is 4.79 Å². The second kappa shape index (κ2) is 6.85. The predicted octanol–water partition coefficient (Wildman–Crippen LogP) is 5.19. The van der Waals surface area contributed by atoms with Gasteiger partial charge in [-0.25, -0.2) is 4.90 Å². The Morgan fingerprint density at radius 2 is 1.45 bits per heavy atom. The highest BCUT2D eigenvalue weighted by atomic mass is 16.6. The Hall–Kier alpha value is -2.91. The summed E-state index contributed by atoms with van der Waals surface area (Å²) >= 11 is 0. The number of fused-ring (bicyclic) bond motifs is 3. The normalized spacial score (nSPS) is 19.8. The van der Waals surface area contributed by atoms with E-state index >= 15 is 0 Å². The zero-order valence-electron chi connectivity index (χ0n) is 16.8. The van der Waals surface area contributed by atoms with Gasteiger partial charge in [-0.3, -0.25) is 4.79 Å². The molecule has 146 valence electrons. The molecule has 3 nitrogen and oxygen atoms in total. The SMILES string of the molecule is CC(C)C[C@H]1C(=O)OCN1C1(c2ccccc2)c2ccccc2-c2ccccc21. The van der Waals surface area contributed by atoms with E-state index in [4.69, 9.17) is 4.74 Å². The largest absolute Gasteiger partial charge is 0.448 e. The van der Waals surface area contributed by atoms with Crippen LogP contribution in [-0.4, -0.2) is 23.6 Å². The first-order valence-electron chi connectivity index (χ1n) is 10.3. The van der Waals surface area contributed by atoms with Crippen LogP contribution >= 0.6 is 0 Å². The molecule has 2 aliphatic rings. The van der Waals surface area contributed by atoms with Gasteiger partial charge in [0.25, 0.3) is 0 Å². The Kier molecular flexibility index (Phi) is 4.29. The summed E-state index contributed by atoms with van der Waals surface area (Å²) in [4.78, 5) is 15.1. The summed E-state index contributed by atoms with van der Waals surface area (Å²) in [7, 11) is 0. The average molecular weight is 383 g/mol. The molecule has 0 radical (unpaired) electrons. The highest BCUT2D eigenvalue weighted by Crippen LogP contribution is 2.55. The molecule has 0 spiro atoms. The lowest BCUT2D eigenvalue weighted by Gasteiger charge is -2.42. The molecular weight excluding hydrogens is 358 g/mol. The minimum absolute atomic E-state index is 0.115. The van der Waals surface area contributed by atoms with Crippen LogP contribution in [-0.2, 0) is 15.1 Å². The number of carbonyl (C=O) groups excluding carboxylic acids is 1. The monoisotopic (exact) mass is 383 g/mol. The molecule has 0 N–H and O–H groups in total. The Bertz CT molecular complexity index is 1010. The van der Waals surface area contributed by atoms with Crippen LogP contribution in [0.5, 0.6) is 0 Å². The number of hydrogen-bond acceptors (Lipinski definition) is 3. The molecule has 1 aliphatic heterocycles. The van der Waals surface area contributed by atoms with Crippen molar-refractivity contribution in [3.8, 4) is 11.1 Å². The van der Waals surface area contributed by atoms with Crippen LogP contribution in [0.15, 0.2) is 78.9 Å². The zero-order valence-corrected chi connectivity index (χ0v) is 16.8. The Morgan fingerprint density at radius 1 is 0.897 bits per heavy atom. The maximum atomic E-state index is 12.8. The zero-order chi connectivity index (χ0) is 20.0. The molecule has 3 heteroatoms. The molecule has 1 fully saturated rings. The van der Waals surface area contributed by atoms with Crippen molar-refractivity contribution >= 4 is 5.97 Å². The average Bonchev–Trinajstić information content (AvgIpc) is 3.25. The first-order valence-corrected chi connectivity index (χ1v) is 10.3. The molecule has 0 bridgehead atoms. The van der Waals surface area contributed by atoms with E-state index in [0.29, 0.717) is 12.6 Å². The molecule has 0 aromatic heterocycles. The van der Waals surface area contributed by atoms with E-state index in [1.54, 1.807) is 0 Å². The molecule has 0 saturated carbocycles. The maximum absolute atomic E-state index is 12.8. The van der Waals surface area contributed by atoms with Gasteiger partial charge in [0.1, 0.15) is 18.3 Å². The number of nitrogens with zero attached hydrogens (tertiary/aromatic N) is 1. The first kappa shape index (κ1) is 18.1. The van der Waals surface area contributed by atoms with E-state index in [0.717, 1.165) is 6.42 Å². The van der Waals surface area contributed by atoms with Crippen molar-refractivity contribution in [2.45, 2.75) is 31.8 Å². The smallest absolute Gasteiger partial charge is 0.324 e. The van der Waals surface area contributed by atoms with E-state index in [-0.39, 0.29) is 12.0 Å². The minimum atomic E-state index is -0.542. The van der Waals surface area contributed by atoms with E-state index < -0.39 is 5.54 Å². The molecule has 0 unspecified atom stereocenters. The molecule has 1 aliphatic carbocycles. The molecule has 1 atom stereocenters. The van der Waals surface area contributed by atoms with Gasteiger partial charge >= 0.3 is 5.97 Å². The summed E-state index contributed by atoms with van der Waals surface area (Å²) in [5, 5.41) is 0. The van der Waals surface area contributed by atoms with Crippen LogP contribution < -0.4 is 0 Å². The van der Waals surface area contributed by atoms with Crippen LogP contribution in [0.2, 0.25) is 0 Å². The third-order valence-corrected chi connectivity index (χ3v) is 6.24.